The van der Waals surface area contributed by atoms with E-state index in [2.05, 4.69) is 55.4 Å². The van der Waals surface area contributed by atoms with E-state index in [0.717, 1.165) is 77.0 Å². The molecule has 48 heavy (non-hydrogen) atoms. The average molecular weight is 679 g/mol. The van der Waals surface area contributed by atoms with Gasteiger partial charge in [0.25, 0.3) is 0 Å². The van der Waals surface area contributed by atoms with Crippen LogP contribution >= 0.6 is 0 Å². The third kappa shape index (κ3) is 33.1. The normalized spacial score (nSPS) is 12.0. The van der Waals surface area contributed by atoms with Gasteiger partial charge in [-0.3, -0.25) is 14.4 Å². The van der Waals surface area contributed by atoms with E-state index in [0.29, 0.717) is 42.3 Å². The number of hydrogen-bond donors (Lipinski definition) is 0. The van der Waals surface area contributed by atoms with Crippen molar-refractivity contribution in [3.63, 3.8) is 0 Å². The second kappa shape index (κ2) is 31.6. The Morgan fingerprint density at radius 2 is 0.542 bits per heavy atom. The number of rotatable bonds is 34. The van der Waals surface area contributed by atoms with Crippen LogP contribution in [0.5, 0.6) is 0 Å². The molecule has 0 bridgehead atoms. The number of Topliss-reactive ketones (excluding diaryl/α,β-unsaturated/α-hetero) is 1. The second-order valence-electron chi connectivity index (χ2n) is 16.6. The van der Waals surface area contributed by atoms with Gasteiger partial charge in [0.1, 0.15) is 18.0 Å². The van der Waals surface area contributed by atoms with Gasteiger partial charge >= 0.3 is 11.9 Å². The molecule has 5 nitrogen and oxygen atoms in total. The van der Waals surface area contributed by atoms with E-state index in [1.165, 1.54) is 77.0 Å². The summed E-state index contributed by atoms with van der Waals surface area (Å²) < 4.78 is 11.6. The molecule has 0 unspecified atom stereocenters. The molecule has 0 atom stereocenters. The number of carbonyl (C=O) groups is 3. The van der Waals surface area contributed by atoms with Crippen LogP contribution in [0.15, 0.2) is 0 Å². The van der Waals surface area contributed by atoms with Crippen LogP contribution in [0.1, 0.15) is 222 Å². The largest absolute Gasteiger partial charge is 0.462 e. The van der Waals surface area contributed by atoms with Gasteiger partial charge in [-0.1, -0.05) is 145 Å². The van der Waals surface area contributed by atoms with E-state index >= 15 is 0 Å². The topological polar surface area (TPSA) is 69.7 Å². The van der Waals surface area contributed by atoms with Crippen molar-refractivity contribution in [1.29, 1.82) is 0 Å². The van der Waals surface area contributed by atoms with Crippen molar-refractivity contribution < 1.29 is 23.9 Å². The molecule has 0 heterocycles. The zero-order valence-electron chi connectivity index (χ0n) is 33.4. The van der Waals surface area contributed by atoms with Crippen LogP contribution in [0, 0.1) is 23.7 Å². The first-order valence-electron chi connectivity index (χ1n) is 20.8. The molecule has 0 aliphatic heterocycles. The molecule has 0 amide bonds. The highest BCUT2D eigenvalue weighted by Crippen LogP contribution is 2.20. The van der Waals surface area contributed by atoms with Crippen LogP contribution < -0.4 is 0 Å². The predicted octanol–water partition coefficient (Wildman–Crippen LogP) is 13.1. The van der Waals surface area contributed by atoms with Crippen LogP contribution in [0.2, 0.25) is 0 Å². The molecule has 0 N–H and O–H groups in total. The molecular formula is C43H82O5. The molecule has 0 saturated carbocycles. The van der Waals surface area contributed by atoms with Gasteiger partial charge in [-0.05, 0) is 75.0 Å². The standard InChI is InChI=1S/C43H82O5/c1-35(2)31-40(32-36(3)4)47-42(45)29-25-21-17-13-9-11-15-19-23-27-39(44)28-24-20-16-12-10-14-18-22-26-30-43(46)48-41(33-37(5)6)34-38(7)8/h35-38,40-41H,9-34H2,1-8H3. The van der Waals surface area contributed by atoms with Crippen LogP contribution in [0.4, 0.5) is 0 Å². The van der Waals surface area contributed by atoms with Crippen LogP contribution in [-0.2, 0) is 23.9 Å². The van der Waals surface area contributed by atoms with Crippen LogP contribution in [0.3, 0.4) is 0 Å². The van der Waals surface area contributed by atoms with E-state index in [1.54, 1.807) is 0 Å². The first-order chi connectivity index (χ1) is 22.9. The molecule has 0 radical (unpaired) electrons. The Morgan fingerprint density at radius 3 is 0.771 bits per heavy atom. The smallest absolute Gasteiger partial charge is 0.306 e. The third-order valence-electron chi connectivity index (χ3n) is 9.21. The van der Waals surface area contributed by atoms with Crippen molar-refractivity contribution in [2.75, 3.05) is 0 Å². The summed E-state index contributed by atoms with van der Waals surface area (Å²) in [6, 6.07) is 0. The van der Waals surface area contributed by atoms with Gasteiger partial charge in [-0.25, -0.2) is 0 Å². The maximum atomic E-state index is 12.3. The van der Waals surface area contributed by atoms with Gasteiger partial charge in [-0.15, -0.1) is 0 Å². The summed E-state index contributed by atoms with van der Waals surface area (Å²) in [5.74, 6) is 2.62. The quantitative estimate of drug-likeness (QED) is 0.0500. The minimum atomic E-state index is -0.0154. The number of ether oxygens (including phenoxy) is 2. The van der Waals surface area contributed by atoms with E-state index in [-0.39, 0.29) is 24.1 Å². The van der Waals surface area contributed by atoms with Crippen molar-refractivity contribution in [3.05, 3.63) is 0 Å². The molecule has 0 saturated heterocycles. The number of unbranched alkanes of at least 4 members (excludes halogenated alkanes) is 16. The zero-order valence-corrected chi connectivity index (χ0v) is 33.4. The van der Waals surface area contributed by atoms with Gasteiger partial charge in [0.2, 0.25) is 0 Å². The summed E-state index contributed by atoms with van der Waals surface area (Å²) in [4.78, 5) is 36.8. The highest BCUT2D eigenvalue weighted by Gasteiger charge is 2.18. The van der Waals surface area contributed by atoms with Gasteiger partial charge in [0.05, 0.1) is 0 Å². The van der Waals surface area contributed by atoms with Gasteiger partial charge in [-0.2, -0.15) is 0 Å². The fraction of sp³-hybridized carbons (Fsp3) is 0.930. The third-order valence-corrected chi connectivity index (χ3v) is 9.21. The number of esters is 2. The molecular weight excluding hydrogens is 596 g/mol. The van der Waals surface area contributed by atoms with Crippen LogP contribution in [-0.4, -0.2) is 29.9 Å². The lowest BCUT2D eigenvalue weighted by Crippen LogP contribution is -2.22. The number of carbonyl (C=O) groups excluding carboxylic acids is 3. The number of hydrogen-bond acceptors (Lipinski definition) is 5. The summed E-state index contributed by atoms with van der Waals surface area (Å²) in [6.07, 6.45) is 27.5. The summed E-state index contributed by atoms with van der Waals surface area (Å²) in [5.41, 5.74) is 0. The fourth-order valence-electron chi connectivity index (χ4n) is 6.76. The van der Waals surface area contributed by atoms with E-state index in [9.17, 15) is 14.4 Å². The van der Waals surface area contributed by atoms with Crippen molar-refractivity contribution in [2.45, 2.75) is 235 Å². The molecule has 0 aromatic rings. The average Bonchev–Trinajstić information content (AvgIpc) is 2.97. The lowest BCUT2D eigenvalue weighted by molar-refractivity contribution is -0.151. The molecule has 5 heteroatoms. The molecule has 0 aromatic carbocycles. The fourth-order valence-corrected chi connectivity index (χ4v) is 6.76. The molecule has 284 valence electrons. The Labute approximate surface area is 299 Å². The Morgan fingerprint density at radius 1 is 0.333 bits per heavy atom. The molecule has 0 rings (SSSR count). The van der Waals surface area contributed by atoms with E-state index in [4.69, 9.17) is 9.47 Å². The van der Waals surface area contributed by atoms with Gasteiger partial charge < -0.3 is 9.47 Å². The summed E-state index contributed by atoms with van der Waals surface area (Å²) in [6.45, 7) is 17.5. The monoisotopic (exact) mass is 679 g/mol. The SMILES string of the molecule is CC(C)CC(CC(C)C)OC(=O)CCCCCCCCCCCC(=O)CCCCCCCCCCCC(=O)OC(CC(C)C)CC(C)C. The molecule has 0 aromatic heterocycles. The van der Waals surface area contributed by atoms with Crippen LogP contribution in [0.25, 0.3) is 0 Å². The predicted molar refractivity (Wildman–Crippen MR) is 204 cm³/mol. The maximum Gasteiger partial charge on any atom is 0.306 e. The van der Waals surface area contributed by atoms with E-state index < -0.39 is 0 Å². The lowest BCUT2D eigenvalue weighted by atomic mass is 9.98. The minimum Gasteiger partial charge on any atom is -0.462 e. The summed E-state index contributed by atoms with van der Waals surface area (Å²) in [7, 11) is 0. The summed E-state index contributed by atoms with van der Waals surface area (Å²) in [5, 5.41) is 0. The van der Waals surface area contributed by atoms with Gasteiger partial charge in [0, 0.05) is 25.7 Å². The zero-order chi connectivity index (χ0) is 36.0. The molecule has 0 aliphatic carbocycles. The van der Waals surface area contributed by atoms with Crippen molar-refractivity contribution >= 4 is 17.7 Å². The maximum absolute atomic E-state index is 12.3. The second-order valence-corrected chi connectivity index (χ2v) is 16.6. The molecule has 0 spiro atoms. The Bertz CT molecular complexity index is 689. The minimum absolute atomic E-state index is 0.0154. The Hall–Kier alpha value is -1.39. The first kappa shape index (κ1) is 46.6. The Kier molecular flexibility index (Phi) is 30.7. The van der Waals surface area contributed by atoms with E-state index in [1.807, 2.05) is 0 Å². The first-order valence-corrected chi connectivity index (χ1v) is 20.8. The summed E-state index contributed by atoms with van der Waals surface area (Å²) >= 11 is 0. The van der Waals surface area contributed by atoms with Crippen molar-refractivity contribution in [2.24, 2.45) is 23.7 Å². The highest BCUT2D eigenvalue weighted by molar-refractivity contribution is 5.78. The van der Waals surface area contributed by atoms with Crippen molar-refractivity contribution in [3.8, 4) is 0 Å². The van der Waals surface area contributed by atoms with Crippen molar-refractivity contribution in [1.82, 2.24) is 0 Å². The molecule has 0 aliphatic rings. The number of ketones is 1. The molecule has 0 fully saturated rings. The Balaban J connectivity index is 3.54. The highest BCUT2D eigenvalue weighted by atomic mass is 16.5. The lowest BCUT2D eigenvalue weighted by Gasteiger charge is -2.21. The van der Waals surface area contributed by atoms with Gasteiger partial charge in [0.15, 0.2) is 0 Å².